The van der Waals surface area contributed by atoms with Gasteiger partial charge in [0.05, 0.1) is 7.11 Å². The van der Waals surface area contributed by atoms with Crippen molar-refractivity contribution in [2.24, 2.45) is 0 Å². The summed E-state index contributed by atoms with van der Waals surface area (Å²) in [7, 11) is 1.46. The second-order valence-electron chi connectivity index (χ2n) is 3.08. The highest BCUT2D eigenvalue weighted by Gasteiger charge is 2.51. The number of carbonyl (C=O) groups is 1. The molecule has 0 saturated carbocycles. The predicted molar refractivity (Wildman–Crippen MR) is 43.6 cm³/mol. The minimum Gasteiger partial charge on any atom is -0.468 e. The lowest BCUT2D eigenvalue weighted by atomic mass is 10.1. The van der Waals surface area contributed by atoms with Gasteiger partial charge in [0.2, 0.25) is 0 Å². The van der Waals surface area contributed by atoms with Gasteiger partial charge in [-0.15, -0.1) is 11.8 Å². The van der Waals surface area contributed by atoms with Crippen molar-refractivity contribution in [3.63, 3.8) is 0 Å². The second kappa shape index (κ2) is 2.38. The van der Waals surface area contributed by atoms with E-state index in [9.17, 15) is 4.79 Å². The van der Waals surface area contributed by atoms with Crippen LogP contribution in [0, 0.1) is 0 Å². The smallest absolute Gasteiger partial charge is 0.323 e. The van der Waals surface area contributed by atoms with Crippen molar-refractivity contribution in [1.29, 1.82) is 0 Å². The first-order chi connectivity index (χ1) is 5.27. The van der Waals surface area contributed by atoms with E-state index in [0.29, 0.717) is 6.04 Å². The lowest BCUT2D eigenvalue weighted by molar-refractivity contribution is -0.142. The number of methoxy groups -OCH3 is 1. The summed E-state index contributed by atoms with van der Waals surface area (Å²) in [6, 6.07) is 0.541. The van der Waals surface area contributed by atoms with E-state index in [1.807, 2.05) is 0 Å². The highest BCUT2D eigenvalue weighted by atomic mass is 32.2. The normalized spacial score (nSPS) is 41.0. The third kappa shape index (κ3) is 0.964. The van der Waals surface area contributed by atoms with Gasteiger partial charge >= 0.3 is 5.97 Å². The zero-order valence-corrected chi connectivity index (χ0v) is 7.24. The van der Waals surface area contributed by atoms with E-state index < -0.39 is 0 Å². The van der Waals surface area contributed by atoms with Crippen LogP contribution in [0.25, 0.3) is 0 Å². The summed E-state index contributed by atoms with van der Waals surface area (Å²) in [5.74, 6) is 0.991. The van der Waals surface area contributed by atoms with Gasteiger partial charge in [-0.05, 0) is 6.42 Å². The summed E-state index contributed by atoms with van der Waals surface area (Å²) >= 11 is 1.74. The molecule has 0 spiro atoms. The summed E-state index contributed by atoms with van der Waals surface area (Å²) in [5, 5.41) is 3.29. The van der Waals surface area contributed by atoms with Gasteiger partial charge < -0.3 is 10.1 Å². The van der Waals surface area contributed by atoms with Crippen molar-refractivity contribution in [3.8, 4) is 0 Å². The molecule has 0 amide bonds. The number of carbonyl (C=O) groups excluding carboxylic acids is 1. The quantitative estimate of drug-likeness (QED) is 0.567. The number of hydrogen-bond donors (Lipinski definition) is 1. The van der Waals surface area contributed by atoms with E-state index in [1.165, 1.54) is 7.11 Å². The average Bonchev–Trinajstić information content (AvgIpc) is 2.62. The van der Waals surface area contributed by atoms with Crippen molar-refractivity contribution in [2.75, 3.05) is 19.4 Å². The van der Waals surface area contributed by atoms with Crippen LogP contribution in [-0.2, 0) is 9.53 Å². The highest BCUT2D eigenvalue weighted by molar-refractivity contribution is 8.01. The molecule has 0 aromatic rings. The van der Waals surface area contributed by atoms with Crippen molar-refractivity contribution < 1.29 is 9.53 Å². The number of thioether (sulfide) groups is 1. The Hall–Kier alpha value is -0.220. The summed E-state index contributed by atoms with van der Waals surface area (Å²) in [6.07, 6.45) is 0.949. The van der Waals surface area contributed by atoms with Gasteiger partial charge in [-0.1, -0.05) is 0 Å². The number of rotatable bonds is 1. The molecule has 11 heavy (non-hydrogen) atoms. The van der Waals surface area contributed by atoms with E-state index in [4.69, 9.17) is 4.74 Å². The molecule has 2 bridgehead atoms. The Morgan fingerprint density at radius 3 is 3.00 bits per heavy atom. The fourth-order valence-corrected chi connectivity index (χ4v) is 3.20. The van der Waals surface area contributed by atoms with Crippen molar-refractivity contribution >= 4 is 17.7 Å². The van der Waals surface area contributed by atoms with Gasteiger partial charge in [-0.3, -0.25) is 4.79 Å². The number of fused-ring (bicyclic) bond motifs is 2. The first-order valence-electron chi connectivity index (χ1n) is 3.73. The Balaban J connectivity index is 2.16. The molecule has 2 heterocycles. The lowest BCUT2D eigenvalue weighted by Crippen LogP contribution is -2.40. The zero-order chi connectivity index (χ0) is 7.90. The Morgan fingerprint density at radius 2 is 2.64 bits per heavy atom. The predicted octanol–water partition coefficient (Wildman–Crippen LogP) is 0.00690. The minimum atomic E-state index is -0.237. The molecule has 0 aromatic heterocycles. The molecule has 2 saturated heterocycles. The van der Waals surface area contributed by atoms with Crippen LogP contribution in [0.15, 0.2) is 0 Å². The topological polar surface area (TPSA) is 38.3 Å². The van der Waals surface area contributed by atoms with E-state index >= 15 is 0 Å². The molecule has 2 aliphatic heterocycles. The van der Waals surface area contributed by atoms with Crippen LogP contribution in [0.4, 0.5) is 0 Å². The molecule has 4 heteroatoms. The molecule has 1 N–H and O–H groups in total. The zero-order valence-electron chi connectivity index (χ0n) is 6.42. The molecule has 62 valence electrons. The first-order valence-corrected chi connectivity index (χ1v) is 4.71. The SMILES string of the molecule is COC(=O)[C@@]12CN[C@@H](CS1)C2. The summed E-state index contributed by atoms with van der Waals surface area (Å²) in [5.41, 5.74) is 0. The van der Waals surface area contributed by atoms with E-state index in [0.717, 1.165) is 18.7 Å². The summed E-state index contributed by atoms with van der Waals surface area (Å²) in [4.78, 5) is 11.3. The third-order valence-corrected chi connectivity index (χ3v) is 3.97. The van der Waals surface area contributed by atoms with Crippen LogP contribution in [0.5, 0.6) is 0 Å². The van der Waals surface area contributed by atoms with Gasteiger partial charge in [-0.25, -0.2) is 0 Å². The molecule has 0 aromatic carbocycles. The monoisotopic (exact) mass is 173 g/mol. The van der Waals surface area contributed by atoms with E-state index in [1.54, 1.807) is 11.8 Å². The highest BCUT2D eigenvalue weighted by Crippen LogP contribution is 2.43. The molecule has 2 rings (SSSR count). The Bertz CT molecular complexity index is 187. The number of esters is 1. The average molecular weight is 173 g/mol. The van der Waals surface area contributed by atoms with Gasteiger partial charge in [0.15, 0.2) is 0 Å². The van der Waals surface area contributed by atoms with Crippen LogP contribution in [-0.4, -0.2) is 36.2 Å². The largest absolute Gasteiger partial charge is 0.468 e. The second-order valence-corrected chi connectivity index (χ2v) is 4.48. The van der Waals surface area contributed by atoms with Crippen molar-refractivity contribution in [1.82, 2.24) is 5.32 Å². The maximum atomic E-state index is 11.3. The molecule has 2 aliphatic rings. The third-order valence-electron chi connectivity index (χ3n) is 2.37. The van der Waals surface area contributed by atoms with Crippen LogP contribution < -0.4 is 5.32 Å². The Morgan fingerprint density at radius 1 is 1.82 bits per heavy atom. The van der Waals surface area contributed by atoms with Crippen molar-refractivity contribution in [3.05, 3.63) is 0 Å². The van der Waals surface area contributed by atoms with E-state index in [2.05, 4.69) is 5.32 Å². The molecule has 2 atom stereocenters. The fraction of sp³-hybridized carbons (Fsp3) is 0.857. The molecular formula is C7H11NO2S. The van der Waals surface area contributed by atoms with Gasteiger partial charge in [0.1, 0.15) is 4.75 Å². The first kappa shape index (κ1) is 7.43. The molecule has 2 fully saturated rings. The Kier molecular flexibility index (Phi) is 1.61. The maximum absolute atomic E-state index is 11.3. The molecule has 3 nitrogen and oxygen atoms in total. The molecular weight excluding hydrogens is 162 g/mol. The molecule has 0 unspecified atom stereocenters. The van der Waals surface area contributed by atoms with Crippen LogP contribution in [0.3, 0.4) is 0 Å². The molecule has 0 radical (unpaired) electrons. The lowest BCUT2D eigenvalue weighted by Gasteiger charge is -2.21. The van der Waals surface area contributed by atoms with Crippen LogP contribution in [0.2, 0.25) is 0 Å². The van der Waals surface area contributed by atoms with Crippen LogP contribution in [0.1, 0.15) is 6.42 Å². The van der Waals surface area contributed by atoms with Gasteiger partial charge in [-0.2, -0.15) is 0 Å². The van der Waals surface area contributed by atoms with Crippen LogP contribution >= 0.6 is 11.8 Å². The van der Waals surface area contributed by atoms with E-state index in [-0.39, 0.29) is 10.7 Å². The fourth-order valence-electron chi connectivity index (χ4n) is 1.74. The van der Waals surface area contributed by atoms with Crippen molar-refractivity contribution in [2.45, 2.75) is 17.2 Å². The number of nitrogens with one attached hydrogen (secondary N) is 1. The summed E-state index contributed by atoms with van der Waals surface area (Å²) in [6.45, 7) is 0.787. The number of ether oxygens (including phenoxy) is 1. The Labute approximate surface area is 69.9 Å². The maximum Gasteiger partial charge on any atom is 0.323 e. The molecule has 0 aliphatic carbocycles. The standard InChI is InChI=1S/C7H11NO2S/c1-10-6(9)7-2-5(3-11-7)8-4-7/h5,8H,2-4H2,1H3/t5-,7-/m1/s1. The van der Waals surface area contributed by atoms with Gasteiger partial charge in [0, 0.05) is 18.3 Å². The van der Waals surface area contributed by atoms with Gasteiger partial charge in [0.25, 0.3) is 0 Å². The minimum absolute atomic E-state index is 0.0602. The summed E-state index contributed by atoms with van der Waals surface area (Å²) < 4.78 is 4.52. The number of hydrogen-bond acceptors (Lipinski definition) is 4.